The highest BCUT2D eigenvalue weighted by Crippen LogP contribution is 2.39. The van der Waals surface area contributed by atoms with Gasteiger partial charge in [0.1, 0.15) is 5.15 Å². The first-order chi connectivity index (χ1) is 9.26. The lowest BCUT2D eigenvalue weighted by Gasteiger charge is -2.22. The summed E-state index contributed by atoms with van der Waals surface area (Å²) in [6.07, 6.45) is 4.33. The second kappa shape index (κ2) is 4.08. The van der Waals surface area contributed by atoms with Crippen molar-refractivity contribution < 1.29 is 0 Å². The zero-order chi connectivity index (χ0) is 12.9. The second-order valence-corrected chi connectivity index (χ2v) is 6.09. The summed E-state index contributed by atoms with van der Waals surface area (Å²) in [5.41, 5.74) is 1.41. The molecular formula is C13H16ClN5. The van der Waals surface area contributed by atoms with Gasteiger partial charge in [0.05, 0.1) is 10.9 Å². The SMILES string of the molecule is Clc1cc2[nH]nc(N3CCC4(CCNC4)C3)c2cn1. The Hall–Kier alpha value is -1.33. The van der Waals surface area contributed by atoms with Crippen LogP contribution in [0.5, 0.6) is 0 Å². The molecule has 6 heteroatoms. The molecule has 0 saturated carbocycles. The molecule has 2 N–H and O–H groups in total. The third-order valence-electron chi connectivity index (χ3n) is 4.46. The molecule has 2 aliphatic heterocycles. The largest absolute Gasteiger partial charge is 0.354 e. The van der Waals surface area contributed by atoms with Crippen LogP contribution in [0.1, 0.15) is 12.8 Å². The van der Waals surface area contributed by atoms with Crippen LogP contribution in [0.25, 0.3) is 10.9 Å². The van der Waals surface area contributed by atoms with E-state index in [1.165, 1.54) is 12.8 Å². The lowest BCUT2D eigenvalue weighted by molar-refractivity contribution is 0.369. The molecule has 2 saturated heterocycles. The van der Waals surface area contributed by atoms with Crippen molar-refractivity contribution in [3.63, 3.8) is 0 Å². The van der Waals surface area contributed by atoms with Crippen molar-refractivity contribution >= 4 is 28.3 Å². The standard InChI is InChI=1S/C13H16ClN5/c14-11-5-10-9(6-16-11)12(18-17-10)19-4-2-13(8-19)1-3-15-7-13/h5-6,15H,1-4,7-8H2,(H,17,18). The van der Waals surface area contributed by atoms with Gasteiger partial charge < -0.3 is 10.2 Å². The van der Waals surface area contributed by atoms with E-state index in [0.29, 0.717) is 10.6 Å². The first kappa shape index (κ1) is 11.5. The van der Waals surface area contributed by atoms with Crippen LogP contribution in [0.3, 0.4) is 0 Å². The summed E-state index contributed by atoms with van der Waals surface area (Å²) < 4.78 is 0. The monoisotopic (exact) mass is 277 g/mol. The maximum absolute atomic E-state index is 5.91. The van der Waals surface area contributed by atoms with Gasteiger partial charge in [-0.15, -0.1) is 0 Å². The van der Waals surface area contributed by atoms with Crippen molar-refractivity contribution in [1.29, 1.82) is 0 Å². The summed E-state index contributed by atoms with van der Waals surface area (Å²) >= 11 is 5.91. The fourth-order valence-electron chi connectivity index (χ4n) is 3.37. The highest BCUT2D eigenvalue weighted by atomic mass is 35.5. The van der Waals surface area contributed by atoms with Gasteiger partial charge in [-0.1, -0.05) is 11.6 Å². The summed E-state index contributed by atoms with van der Waals surface area (Å²) in [7, 11) is 0. The zero-order valence-corrected chi connectivity index (χ0v) is 11.4. The quantitative estimate of drug-likeness (QED) is 0.781. The molecule has 1 spiro atoms. The molecule has 4 heterocycles. The van der Waals surface area contributed by atoms with E-state index >= 15 is 0 Å². The van der Waals surface area contributed by atoms with Crippen molar-refractivity contribution in [2.24, 2.45) is 5.41 Å². The number of aromatic amines is 1. The highest BCUT2D eigenvalue weighted by molar-refractivity contribution is 6.30. The second-order valence-electron chi connectivity index (χ2n) is 5.70. The molecule has 2 fully saturated rings. The Morgan fingerprint density at radius 1 is 1.37 bits per heavy atom. The molecule has 19 heavy (non-hydrogen) atoms. The average molecular weight is 278 g/mol. The van der Waals surface area contributed by atoms with Crippen LogP contribution in [0.2, 0.25) is 5.15 Å². The van der Waals surface area contributed by atoms with Gasteiger partial charge in [-0.25, -0.2) is 4.98 Å². The number of hydrogen-bond donors (Lipinski definition) is 2. The number of H-pyrrole nitrogens is 1. The predicted octanol–water partition coefficient (Wildman–Crippen LogP) is 1.80. The van der Waals surface area contributed by atoms with Crippen LogP contribution in [0.4, 0.5) is 5.82 Å². The molecule has 0 amide bonds. The molecule has 100 valence electrons. The van der Waals surface area contributed by atoms with Crippen molar-refractivity contribution in [3.8, 4) is 0 Å². The molecule has 0 bridgehead atoms. The van der Waals surface area contributed by atoms with Gasteiger partial charge in [-0.05, 0) is 19.4 Å². The third kappa shape index (κ3) is 1.80. The van der Waals surface area contributed by atoms with Crippen LogP contribution in [0.15, 0.2) is 12.3 Å². The number of hydrogen-bond acceptors (Lipinski definition) is 4. The minimum absolute atomic E-state index is 0.450. The normalized spacial score (nSPS) is 26.9. The van der Waals surface area contributed by atoms with Crippen molar-refractivity contribution in [3.05, 3.63) is 17.4 Å². The molecule has 1 atom stereocenters. The Bertz CT molecular complexity index is 617. The van der Waals surface area contributed by atoms with E-state index in [1.807, 2.05) is 12.3 Å². The third-order valence-corrected chi connectivity index (χ3v) is 4.67. The van der Waals surface area contributed by atoms with E-state index in [4.69, 9.17) is 11.6 Å². The van der Waals surface area contributed by atoms with Crippen molar-refractivity contribution in [2.75, 3.05) is 31.1 Å². The van der Waals surface area contributed by atoms with Crippen molar-refractivity contribution in [2.45, 2.75) is 12.8 Å². The first-order valence-corrected chi connectivity index (χ1v) is 7.09. The zero-order valence-electron chi connectivity index (χ0n) is 10.6. The van der Waals surface area contributed by atoms with Crippen LogP contribution in [-0.2, 0) is 0 Å². The fourth-order valence-corrected chi connectivity index (χ4v) is 3.53. The topological polar surface area (TPSA) is 56.8 Å². The minimum Gasteiger partial charge on any atom is -0.354 e. The summed E-state index contributed by atoms with van der Waals surface area (Å²) in [5, 5.41) is 12.6. The van der Waals surface area contributed by atoms with Crippen LogP contribution < -0.4 is 10.2 Å². The van der Waals surface area contributed by atoms with E-state index in [1.54, 1.807) is 0 Å². The van der Waals surface area contributed by atoms with Gasteiger partial charge in [0.25, 0.3) is 0 Å². The van der Waals surface area contributed by atoms with Gasteiger partial charge in [0, 0.05) is 37.3 Å². The van der Waals surface area contributed by atoms with E-state index in [0.717, 1.165) is 42.9 Å². The smallest absolute Gasteiger partial charge is 0.159 e. The molecule has 0 aliphatic carbocycles. The summed E-state index contributed by atoms with van der Waals surface area (Å²) in [4.78, 5) is 6.54. The van der Waals surface area contributed by atoms with E-state index in [-0.39, 0.29) is 0 Å². The Morgan fingerprint density at radius 2 is 2.32 bits per heavy atom. The van der Waals surface area contributed by atoms with Crippen LogP contribution >= 0.6 is 11.6 Å². The molecule has 4 rings (SSSR count). The number of nitrogens with zero attached hydrogens (tertiary/aromatic N) is 3. The van der Waals surface area contributed by atoms with Gasteiger partial charge in [-0.3, -0.25) is 5.10 Å². The van der Waals surface area contributed by atoms with Crippen LogP contribution in [0, 0.1) is 5.41 Å². The number of anilines is 1. The molecule has 2 aliphatic rings. The highest BCUT2D eigenvalue weighted by Gasteiger charge is 2.41. The molecule has 2 aromatic heterocycles. The Kier molecular flexibility index (Phi) is 2.47. The Balaban J connectivity index is 1.68. The number of pyridine rings is 1. The predicted molar refractivity (Wildman–Crippen MR) is 75.6 cm³/mol. The van der Waals surface area contributed by atoms with E-state index in [9.17, 15) is 0 Å². The molecule has 1 unspecified atom stereocenters. The Morgan fingerprint density at radius 3 is 3.16 bits per heavy atom. The maximum Gasteiger partial charge on any atom is 0.159 e. The van der Waals surface area contributed by atoms with Gasteiger partial charge in [0.2, 0.25) is 0 Å². The summed E-state index contributed by atoms with van der Waals surface area (Å²) in [5.74, 6) is 1.02. The fraction of sp³-hybridized carbons (Fsp3) is 0.538. The molecule has 5 nitrogen and oxygen atoms in total. The Labute approximate surface area is 116 Å². The van der Waals surface area contributed by atoms with E-state index < -0.39 is 0 Å². The molecular weight excluding hydrogens is 262 g/mol. The number of halogens is 1. The first-order valence-electron chi connectivity index (χ1n) is 6.71. The molecule has 2 aromatic rings. The van der Waals surface area contributed by atoms with Gasteiger partial charge in [-0.2, -0.15) is 5.10 Å². The summed E-state index contributed by atoms with van der Waals surface area (Å²) in [6, 6.07) is 1.83. The minimum atomic E-state index is 0.450. The number of fused-ring (bicyclic) bond motifs is 1. The van der Waals surface area contributed by atoms with E-state index in [2.05, 4.69) is 25.4 Å². The maximum atomic E-state index is 5.91. The number of aromatic nitrogens is 3. The molecule has 0 aromatic carbocycles. The van der Waals surface area contributed by atoms with Gasteiger partial charge >= 0.3 is 0 Å². The average Bonchev–Trinajstić information content (AvgIpc) is 3.10. The lowest BCUT2D eigenvalue weighted by Crippen LogP contribution is -2.29. The number of nitrogens with one attached hydrogen (secondary N) is 2. The lowest BCUT2D eigenvalue weighted by atomic mass is 9.87. The summed E-state index contributed by atoms with van der Waals surface area (Å²) in [6.45, 7) is 4.44. The number of rotatable bonds is 1. The van der Waals surface area contributed by atoms with Gasteiger partial charge in [0.15, 0.2) is 5.82 Å². The van der Waals surface area contributed by atoms with Crippen LogP contribution in [-0.4, -0.2) is 41.4 Å². The van der Waals surface area contributed by atoms with Crippen molar-refractivity contribution in [1.82, 2.24) is 20.5 Å². The molecule has 0 radical (unpaired) electrons.